The number of amides is 1. The van der Waals surface area contributed by atoms with E-state index in [0.717, 1.165) is 30.4 Å². The molecule has 2 rings (SSSR count). The standard InChI is InChI=1S/C22H27NO/c1-5-6-9-19(16-18-14-12-17(2)13-15-18)20-10-7-8-11-21(20)22(24)23(3)4/h7-8,10-16H,5-6,9H2,1-4H3/b19-16+. The topological polar surface area (TPSA) is 20.3 Å². The number of rotatable bonds is 6. The van der Waals surface area contributed by atoms with Gasteiger partial charge in [0.25, 0.3) is 5.91 Å². The maximum absolute atomic E-state index is 12.5. The fraction of sp³-hybridized carbons (Fsp3) is 0.318. The van der Waals surface area contributed by atoms with Gasteiger partial charge in [0.15, 0.2) is 0 Å². The third-order valence-corrected chi connectivity index (χ3v) is 4.13. The quantitative estimate of drug-likeness (QED) is 0.650. The van der Waals surface area contributed by atoms with Gasteiger partial charge in [0.1, 0.15) is 0 Å². The van der Waals surface area contributed by atoms with Crippen LogP contribution in [0.15, 0.2) is 48.5 Å². The number of hydrogen-bond donors (Lipinski definition) is 0. The van der Waals surface area contributed by atoms with Gasteiger partial charge in [-0.1, -0.05) is 67.4 Å². The maximum Gasteiger partial charge on any atom is 0.253 e. The molecule has 0 spiro atoms. The fourth-order valence-electron chi connectivity index (χ4n) is 2.71. The molecule has 0 N–H and O–H groups in total. The van der Waals surface area contributed by atoms with Gasteiger partial charge in [-0.3, -0.25) is 4.79 Å². The highest BCUT2D eigenvalue weighted by atomic mass is 16.2. The second kappa shape index (κ2) is 8.49. The number of carbonyl (C=O) groups excluding carboxylic acids is 1. The molecule has 126 valence electrons. The molecule has 0 aliphatic carbocycles. The molecule has 0 aliphatic heterocycles. The van der Waals surface area contributed by atoms with Crippen LogP contribution in [0.25, 0.3) is 11.6 Å². The monoisotopic (exact) mass is 321 g/mol. The molecule has 0 radical (unpaired) electrons. The number of allylic oxidation sites excluding steroid dienone is 1. The van der Waals surface area contributed by atoms with E-state index in [9.17, 15) is 4.79 Å². The van der Waals surface area contributed by atoms with Gasteiger partial charge in [-0.15, -0.1) is 0 Å². The first-order valence-electron chi connectivity index (χ1n) is 8.61. The SMILES string of the molecule is CCCC/C(=C\c1ccc(C)cc1)c1ccccc1C(=O)N(C)C. The second-order valence-electron chi connectivity index (χ2n) is 6.43. The van der Waals surface area contributed by atoms with Gasteiger partial charge in [-0.2, -0.15) is 0 Å². The molecule has 0 heterocycles. The third-order valence-electron chi connectivity index (χ3n) is 4.13. The molecule has 2 nitrogen and oxygen atoms in total. The number of benzene rings is 2. The first-order valence-corrected chi connectivity index (χ1v) is 8.61. The van der Waals surface area contributed by atoms with E-state index in [4.69, 9.17) is 0 Å². The smallest absolute Gasteiger partial charge is 0.253 e. The fourth-order valence-corrected chi connectivity index (χ4v) is 2.71. The molecule has 0 aromatic heterocycles. The minimum atomic E-state index is 0.0527. The molecule has 1 amide bonds. The van der Waals surface area contributed by atoms with E-state index in [1.807, 2.05) is 18.2 Å². The highest BCUT2D eigenvalue weighted by Gasteiger charge is 2.15. The van der Waals surface area contributed by atoms with Gasteiger partial charge in [0.05, 0.1) is 0 Å². The summed E-state index contributed by atoms with van der Waals surface area (Å²) in [5.74, 6) is 0.0527. The van der Waals surface area contributed by atoms with Gasteiger partial charge < -0.3 is 4.90 Å². The highest BCUT2D eigenvalue weighted by molar-refractivity contribution is 6.00. The van der Waals surface area contributed by atoms with Crippen LogP contribution >= 0.6 is 0 Å². The zero-order valence-electron chi connectivity index (χ0n) is 15.2. The van der Waals surface area contributed by atoms with E-state index in [0.29, 0.717) is 0 Å². The Kier molecular flexibility index (Phi) is 6.36. The summed E-state index contributed by atoms with van der Waals surface area (Å²) >= 11 is 0. The van der Waals surface area contributed by atoms with Gasteiger partial charge in [0.2, 0.25) is 0 Å². The van der Waals surface area contributed by atoms with Crippen molar-refractivity contribution in [2.24, 2.45) is 0 Å². The van der Waals surface area contributed by atoms with E-state index >= 15 is 0 Å². The number of aryl methyl sites for hydroxylation is 1. The van der Waals surface area contributed by atoms with Crippen molar-refractivity contribution in [1.29, 1.82) is 0 Å². The Morgan fingerprint density at radius 3 is 2.21 bits per heavy atom. The predicted molar refractivity (Wildman–Crippen MR) is 103 cm³/mol. The van der Waals surface area contributed by atoms with Gasteiger partial charge in [-0.05, 0) is 42.5 Å². The molecule has 0 aliphatic rings. The van der Waals surface area contributed by atoms with Crippen molar-refractivity contribution in [2.75, 3.05) is 14.1 Å². The van der Waals surface area contributed by atoms with Crippen molar-refractivity contribution < 1.29 is 4.79 Å². The Labute approximate surface area is 145 Å². The van der Waals surface area contributed by atoms with Crippen molar-refractivity contribution in [3.63, 3.8) is 0 Å². The van der Waals surface area contributed by atoms with E-state index in [-0.39, 0.29) is 5.91 Å². The summed E-state index contributed by atoms with van der Waals surface area (Å²) in [6, 6.07) is 16.5. The zero-order chi connectivity index (χ0) is 17.5. The minimum Gasteiger partial charge on any atom is -0.345 e. The molecule has 2 aromatic rings. The van der Waals surface area contributed by atoms with Crippen LogP contribution in [0.5, 0.6) is 0 Å². The van der Waals surface area contributed by atoms with Crippen LogP contribution in [-0.4, -0.2) is 24.9 Å². The summed E-state index contributed by atoms with van der Waals surface area (Å²) in [6.45, 7) is 4.29. The number of hydrogen-bond acceptors (Lipinski definition) is 1. The van der Waals surface area contributed by atoms with Crippen LogP contribution < -0.4 is 0 Å². The first-order chi connectivity index (χ1) is 11.5. The molecule has 0 fully saturated rings. The molecule has 0 saturated heterocycles. The molecule has 0 unspecified atom stereocenters. The normalized spacial score (nSPS) is 11.4. The summed E-state index contributed by atoms with van der Waals surface area (Å²) < 4.78 is 0. The van der Waals surface area contributed by atoms with Crippen molar-refractivity contribution in [1.82, 2.24) is 4.90 Å². The second-order valence-corrected chi connectivity index (χ2v) is 6.43. The Bertz CT molecular complexity index is 711. The summed E-state index contributed by atoms with van der Waals surface area (Å²) in [5, 5.41) is 0. The number of unbranched alkanes of at least 4 members (excludes halogenated alkanes) is 1. The van der Waals surface area contributed by atoms with Crippen LogP contribution in [0, 0.1) is 6.92 Å². The van der Waals surface area contributed by atoms with E-state index in [1.165, 1.54) is 16.7 Å². The van der Waals surface area contributed by atoms with Crippen LogP contribution in [0.4, 0.5) is 0 Å². The Hall–Kier alpha value is -2.35. The average molecular weight is 321 g/mol. The van der Waals surface area contributed by atoms with Crippen molar-refractivity contribution >= 4 is 17.6 Å². The zero-order valence-corrected chi connectivity index (χ0v) is 15.2. The molecule has 2 aromatic carbocycles. The third kappa shape index (κ3) is 4.58. The van der Waals surface area contributed by atoms with Crippen LogP contribution in [0.2, 0.25) is 0 Å². The molecule has 0 saturated carbocycles. The lowest BCUT2D eigenvalue weighted by Gasteiger charge is -2.16. The van der Waals surface area contributed by atoms with Crippen LogP contribution in [0.3, 0.4) is 0 Å². The lowest BCUT2D eigenvalue weighted by Crippen LogP contribution is -2.22. The average Bonchev–Trinajstić information content (AvgIpc) is 2.59. The molecule has 0 atom stereocenters. The van der Waals surface area contributed by atoms with E-state index in [1.54, 1.807) is 19.0 Å². The summed E-state index contributed by atoms with van der Waals surface area (Å²) in [6.07, 6.45) is 5.44. The van der Waals surface area contributed by atoms with Gasteiger partial charge in [-0.25, -0.2) is 0 Å². The van der Waals surface area contributed by atoms with Crippen LogP contribution in [0.1, 0.15) is 53.2 Å². The highest BCUT2D eigenvalue weighted by Crippen LogP contribution is 2.27. The Morgan fingerprint density at radius 2 is 1.62 bits per heavy atom. The molecular weight excluding hydrogens is 294 g/mol. The summed E-state index contributed by atoms with van der Waals surface area (Å²) in [5.41, 5.74) is 5.48. The number of nitrogens with zero attached hydrogens (tertiary/aromatic N) is 1. The summed E-state index contributed by atoms with van der Waals surface area (Å²) in [7, 11) is 3.60. The first kappa shape index (κ1) is 18.0. The van der Waals surface area contributed by atoms with E-state index < -0.39 is 0 Å². The minimum absolute atomic E-state index is 0.0527. The molecule has 2 heteroatoms. The largest absolute Gasteiger partial charge is 0.345 e. The van der Waals surface area contributed by atoms with Crippen molar-refractivity contribution in [3.05, 3.63) is 70.8 Å². The Morgan fingerprint density at radius 1 is 1.00 bits per heavy atom. The predicted octanol–water partition coefficient (Wildman–Crippen LogP) is 5.43. The number of carbonyl (C=O) groups is 1. The van der Waals surface area contributed by atoms with Crippen molar-refractivity contribution in [3.8, 4) is 0 Å². The molecule has 24 heavy (non-hydrogen) atoms. The van der Waals surface area contributed by atoms with E-state index in [2.05, 4.69) is 50.3 Å². The lowest BCUT2D eigenvalue weighted by atomic mass is 9.93. The molecular formula is C22H27NO. The Balaban J connectivity index is 2.48. The maximum atomic E-state index is 12.5. The molecule has 0 bridgehead atoms. The van der Waals surface area contributed by atoms with Gasteiger partial charge in [0, 0.05) is 19.7 Å². The van der Waals surface area contributed by atoms with Gasteiger partial charge >= 0.3 is 0 Å². The van der Waals surface area contributed by atoms with Crippen LogP contribution in [-0.2, 0) is 0 Å². The lowest BCUT2D eigenvalue weighted by molar-refractivity contribution is 0.0827. The summed E-state index contributed by atoms with van der Waals surface area (Å²) in [4.78, 5) is 14.2. The van der Waals surface area contributed by atoms with Crippen molar-refractivity contribution in [2.45, 2.75) is 33.1 Å².